The van der Waals surface area contributed by atoms with E-state index in [2.05, 4.69) is 16.7 Å². The molecule has 1 aliphatic heterocycles. The summed E-state index contributed by atoms with van der Waals surface area (Å²) in [5.74, 6) is 6.96. The van der Waals surface area contributed by atoms with Crippen LogP contribution in [0.3, 0.4) is 0 Å². The normalized spacial score (nSPS) is 14.9. The lowest BCUT2D eigenvalue weighted by molar-refractivity contribution is 0.0443. The Morgan fingerprint density at radius 1 is 1.30 bits per heavy atom. The van der Waals surface area contributed by atoms with Crippen molar-refractivity contribution in [3.63, 3.8) is 0 Å². The fourth-order valence-corrected chi connectivity index (χ4v) is 1.92. The molecule has 0 saturated carbocycles. The minimum atomic E-state index is 0. The number of nitrogens with zero attached hydrogens (tertiary/aromatic N) is 1. The van der Waals surface area contributed by atoms with Gasteiger partial charge in [0.05, 0.1) is 19.8 Å². The van der Waals surface area contributed by atoms with Crippen molar-refractivity contribution >= 4 is 24.0 Å². The van der Waals surface area contributed by atoms with E-state index in [4.69, 9.17) is 21.1 Å². The van der Waals surface area contributed by atoms with E-state index in [0.29, 0.717) is 6.61 Å². The number of ether oxygens (including phenoxy) is 2. The van der Waals surface area contributed by atoms with E-state index in [1.54, 1.807) is 0 Å². The lowest BCUT2D eigenvalue weighted by atomic mass is 10.2. The molecule has 0 aromatic heterocycles. The van der Waals surface area contributed by atoms with Gasteiger partial charge in [-0.25, -0.2) is 0 Å². The molecule has 0 unspecified atom stereocenters. The SMILES string of the molecule is Cc1cc(OCC#CCN2CCOCC2)ccc1Cl.Cl. The van der Waals surface area contributed by atoms with E-state index in [1.165, 1.54) is 0 Å². The summed E-state index contributed by atoms with van der Waals surface area (Å²) >= 11 is 5.95. The van der Waals surface area contributed by atoms with Gasteiger partial charge in [0.25, 0.3) is 0 Å². The van der Waals surface area contributed by atoms with Gasteiger partial charge < -0.3 is 9.47 Å². The van der Waals surface area contributed by atoms with E-state index in [9.17, 15) is 0 Å². The van der Waals surface area contributed by atoms with Crippen LogP contribution < -0.4 is 4.74 Å². The van der Waals surface area contributed by atoms with Crippen molar-refractivity contribution in [3.8, 4) is 17.6 Å². The molecule has 1 aromatic rings. The predicted octanol–water partition coefficient (Wildman–Crippen LogP) is 2.78. The van der Waals surface area contributed by atoms with Crippen molar-refractivity contribution < 1.29 is 9.47 Å². The van der Waals surface area contributed by atoms with Gasteiger partial charge in [0.15, 0.2) is 0 Å². The first kappa shape index (κ1) is 17.1. The fraction of sp³-hybridized carbons (Fsp3) is 0.467. The number of rotatable bonds is 3. The van der Waals surface area contributed by atoms with Crippen LogP contribution in [-0.2, 0) is 4.74 Å². The molecular formula is C15H19Cl2NO2. The quantitative estimate of drug-likeness (QED) is 0.801. The molecule has 3 nitrogen and oxygen atoms in total. The summed E-state index contributed by atoms with van der Waals surface area (Å²) in [4.78, 5) is 2.28. The standard InChI is InChI=1S/C15H18ClNO2.ClH/c1-13-12-14(4-5-15(13)16)19-9-3-2-6-17-7-10-18-11-8-17;/h4-5,12H,6-11H2,1H3;1H. The van der Waals surface area contributed by atoms with Crippen molar-refractivity contribution in [3.05, 3.63) is 28.8 Å². The van der Waals surface area contributed by atoms with Gasteiger partial charge in [-0.15, -0.1) is 12.4 Å². The van der Waals surface area contributed by atoms with Crippen LogP contribution in [0.4, 0.5) is 0 Å². The predicted molar refractivity (Wildman–Crippen MR) is 84.0 cm³/mol. The van der Waals surface area contributed by atoms with Gasteiger partial charge in [0.2, 0.25) is 0 Å². The number of halogens is 2. The molecule has 0 amide bonds. The fourth-order valence-electron chi connectivity index (χ4n) is 1.80. The summed E-state index contributed by atoms with van der Waals surface area (Å²) in [6.45, 7) is 6.69. The van der Waals surface area contributed by atoms with E-state index in [1.807, 2.05) is 25.1 Å². The van der Waals surface area contributed by atoms with Gasteiger partial charge in [-0.2, -0.15) is 0 Å². The summed E-state index contributed by atoms with van der Waals surface area (Å²) in [5.41, 5.74) is 1.01. The highest BCUT2D eigenvalue weighted by Crippen LogP contribution is 2.20. The van der Waals surface area contributed by atoms with Crippen LogP contribution >= 0.6 is 24.0 Å². The molecule has 1 aliphatic rings. The zero-order valence-electron chi connectivity index (χ0n) is 11.5. The average Bonchev–Trinajstić information content (AvgIpc) is 2.43. The highest BCUT2D eigenvalue weighted by molar-refractivity contribution is 6.31. The summed E-state index contributed by atoms with van der Waals surface area (Å²) in [5, 5.41) is 0.755. The molecule has 5 heteroatoms. The van der Waals surface area contributed by atoms with Crippen LogP contribution in [0.5, 0.6) is 5.75 Å². The van der Waals surface area contributed by atoms with Gasteiger partial charge in [-0.05, 0) is 30.7 Å². The lowest BCUT2D eigenvalue weighted by Gasteiger charge is -2.24. The van der Waals surface area contributed by atoms with E-state index in [0.717, 1.165) is 49.2 Å². The molecule has 0 bridgehead atoms. The molecule has 0 radical (unpaired) electrons. The highest BCUT2D eigenvalue weighted by atomic mass is 35.5. The third-order valence-corrected chi connectivity index (χ3v) is 3.40. The van der Waals surface area contributed by atoms with Crippen LogP contribution in [0.1, 0.15) is 5.56 Å². The summed E-state index contributed by atoms with van der Waals surface area (Å²) in [7, 11) is 0. The van der Waals surface area contributed by atoms with Gasteiger partial charge in [0.1, 0.15) is 12.4 Å². The van der Waals surface area contributed by atoms with Crippen molar-refractivity contribution in [2.75, 3.05) is 39.5 Å². The molecule has 2 rings (SSSR count). The van der Waals surface area contributed by atoms with Crippen molar-refractivity contribution in [1.29, 1.82) is 0 Å². The maximum Gasteiger partial charge on any atom is 0.149 e. The van der Waals surface area contributed by atoms with E-state index in [-0.39, 0.29) is 12.4 Å². The van der Waals surface area contributed by atoms with Crippen LogP contribution in [0, 0.1) is 18.8 Å². The van der Waals surface area contributed by atoms with Crippen LogP contribution in [0.15, 0.2) is 18.2 Å². The summed E-state index contributed by atoms with van der Waals surface area (Å²) < 4.78 is 10.8. The lowest BCUT2D eigenvalue weighted by Crippen LogP contribution is -2.36. The Morgan fingerprint density at radius 3 is 2.75 bits per heavy atom. The van der Waals surface area contributed by atoms with E-state index >= 15 is 0 Å². The molecule has 1 fully saturated rings. The third kappa shape index (κ3) is 5.60. The molecule has 0 aliphatic carbocycles. The number of morpholine rings is 1. The number of hydrogen-bond acceptors (Lipinski definition) is 3. The molecule has 1 saturated heterocycles. The molecular weight excluding hydrogens is 297 g/mol. The first-order valence-corrected chi connectivity index (χ1v) is 6.78. The van der Waals surface area contributed by atoms with Gasteiger partial charge >= 0.3 is 0 Å². The zero-order valence-corrected chi connectivity index (χ0v) is 13.1. The Bertz CT molecular complexity index is 476. The first-order chi connectivity index (χ1) is 9.25. The van der Waals surface area contributed by atoms with Crippen LogP contribution in [-0.4, -0.2) is 44.4 Å². The smallest absolute Gasteiger partial charge is 0.149 e. The second kappa shape index (κ2) is 9.10. The van der Waals surface area contributed by atoms with Crippen LogP contribution in [0.2, 0.25) is 5.02 Å². The second-order valence-corrected chi connectivity index (χ2v) is 4.85. The average molecular weight is 316 g/mol. The zero-order chi connectivity index (χ0) is 13.5. The van der Waals surface area contributed by atoms with Crippen LogP contribution in [0.25, 0.3) is 0 Å². The highest BCUT2D eigenvalue weighted by Gasteiger charge is 2.07. The second-order valence-electron chi connectivity index (χ2n) is 4.44. The summed E-state index contributed by atoms with van der Waals surface area (Å²) in [6.07, 6.45) is 0. The topological polar surface area (TPSA) is 21.7 Å². The number of hydrogen-bond donors (Lipinski definition) is 0. The Labute approximate surface area is 131 Å². The molecule has 0 N–H and O–H groups in total. The molecule has 0 spiro atoms. The maximum absolute atomic E-state index is 5.95. The molecule has 110 valence electrons. The van der Waals surface area contributed by atoms with Gasteiger partial charge in [0, 0.05) is 18.1 Å². The Balaban J connectivity index is 0.00000200. The Hall–Kier alpha value is -0.920. The molecule has 0 atom stereocenters. The van der Waals surface area contributed by atoms with Crippen molar-refractivity contribution in [2.45, 2.75) is 6.92 Å². The van der Waals surface area contributed by atoms with Crippen molar-refractivity contribution in [1.82, 2.24) is 4.90 Å². The number of benzene rings is 1. The van der Waals surface area contributed by atoms with Gasteiger partial charge in [-0.1, -0.05) is 23.4 Å². The van der Waals surface area contributed by atoms with E-state index < -0.39 is 0 Å². The number of aryl methyl sites for hydroxylation is 1. The summed E-state index contributed by atoms with van der Waals surface area (Å²) in [6, 6.07) is 5.62. The minimum Gasteiger partial charge on any atom is -0.481 e. The maximum atomic E-state index is 5.95. The molecule has 1 aromatic carbocycles. The minimum absolute atomic E-state index is 0. The third-order valence-electron chi connectivity index (χ3n) is 2.97. The largest absolute Gasteiger partial charge is 0.481 e. The first-order valence-electron chi connectivity index (χ1n) is 6.40. The molecule has 1 heterocycles. The van der Waals surface area contributed by atoms with Crippen molar-refractivity contribution in [2.24, 2.45) is 0 Å². The molecule has 20 heavy (non-hydrogen) atoms. The Morgan fingerprint density at radius 2 is 2.05 bits per heavy atom. The van der Waals surface area contributed by atoms with Gasteiger partial charge in [-0.3, -0.25) is 4.90 Å². The monoisotopic (exact) mass is 315 g/mol. The Kier molecular flexibility index (Phi) is 7.79.